The Kier molecular flexibility index (Phi) is 5.05. The van der Waals surface area contributed by atoms with Crippen LogP contribution in [-0.4, -0.2) is 46.3 Å². The number of ether oxygens (including phenoxy) is 1. The van der Waals surface area contributed by atoms with Crippen LogP contribution in [-0.2, 0) is 6.61 Å². The molecule has 0 unspecified atom stereocenters. The fourth-order valence-electron chi connectivity index (χ4n) is 2.80. The van der Waals surface area contributed by atoms with Crippen molar-refractivity contribution in [1.82, 2.24) is 9.88 Å². The minimum atomic E-state index is -1.10. The fraction of sp³-hybridized carbons (Fsp3) is 0.333. The normalized spacial score (nSPS) is 20.2. The number of pyridine rings is 1. The number of carbonyl (C=O) groups is 1. The molecule has 1 aliphatic heterocycles. The number of alkyl halides is 1. The summed E-state index contributed by atoms with van der Waals surface area (Å²) in [7, 11) is 0. The number of nitrogens with zero attached hydrogens (tertiary/aromatic N) is 2. The Morgan fingerprint density at radius 2 is 2.12 bits per heavy atom. The van der Waals surface area contributed by atoms with E-state index < -0.39 is 12.2 Å². The number of aromatic nitrogens is 1. The number of halogens is 1. The molecule has 6 heteroatoms. The summed E-state index contributed by atoms with van der Waals surface area (Å²) < 4.78 is 19.1. The molecule has 1 aromatic heterocycles. The van der Waals surface area contributed by atoms with Gasteiger partial charge >= 0.3 is 0 Å². The van der Waals surface area contributed by atoms with Crippen LogP contribution < -0.4 is 4.74 Å². The molecule has 0 bridgehead atoms. The predicted molar refractivity (Wildman–Crippen MR) is 86.4 cm³/mol. The lowest BCUT2D eigenvalue weighted by atomic mass is 10.2. The molecule has 2 aromatic rings. The Morgan fingerprint density at radius 3 is 2.88 bits per heavy atom. The average molecular weight is 330 g/mol. The molecule has 5 nitrogen and oxygen atoms in total. The van der Waals surface area contributed by atoms with Gasteiger partial charge in [-0.05, 0) is 11.6 Å². The Morgan fingerprint density at radius 1 is 1.33 bits per heavy atom. The number of amides is 1. The fourth-order valence-corrected chi connectivity index (χ4v) is 2.80. The molecule has 2 heterocycles. The summed E-state index contributed by atoms with van der Waals surface area (Å²) >= 11 is 0. The molecule has 2 atom stereocenters. The van der Waals surface area contributed by atoms with Gasteiger partial charge in [-0.3, -0.25) is 4.79 Å². The first-order valence-corrected chi connectivity index (χ1v) is 7.86. The van der Waals surface area contributed by atoms with E-state index in [0.717, 1.165) is 5.56 Å². The van der Waals surface area contributed by atoms with Gasteiger partial charge in [-0.1, -0.05) is 30.3 Å². The Balaban J connectivity index is 1.69. The van der Waals surface area contributed by atoms with E-state index >= 15 is 0 Å². The number of carbonyl (C=O) groups excluding carboxylic acids is 1. The molecule has 1 aromatic carbocycles. The first kappa shape index (κ1) is 16.4. The molecule has 24 heavy (non-hydrogen) atoms. The molecule has 1 saturated heterocycles. The number of rotatable bonds is 5. The second-order valence-electron chi connectivity index (χ2n) is 5.78. The molecule has 0 radical (unpaired) electrons. The summed E-state index contributed by atoms with van der Waals surface area (Å²) in [4.78, 5) is 18.0. The second kappa shape index (κ2) is 7.40. The number of hydrogen-bond acceptors (Lipinski definition) is 4. The lowest BCUT2D eigenvalue weighted by molar-refractivity contribution is 0.0672. The van der Waals surface area contributed by atoms with Crippen molar-refractivity contribution < 1.29 is 19.0 Å². The van der Waals surface area contributed by atoms with E-state index in [0.29, 0.717) is 18.1 Å². The van der Waals surface area contributed by atoms with E-state index in [4.69, 9.17) is 4.74 Å². The quantitative estimate of drug-likeness (QED) is 0.913. The van der Waals surface area contributed by atoms with Crippen molar-refractivity contribution in [1.29, 1.82) is 0 Å². The number of aliphatic hydroxyl groups is 1. The summed E-state index contributed by atoms with van der Waals surface area (Å²) in [6, 6.07) is 12.3. The summed E-state index contributed by atoms with van der Waals surface area (Å²) in [5, 5.41) is 9.32. The van der Waals surface area contributed by atoms with Crippen LogP contribution >= 0.6 is 0 Å². The van der Waals surface area contributed by atoms with Gasteiger partial charge in [0.25, 0.3) is 5.91 Å². The van der Waals surface area contributed by atoms with E-state index in [2.05, 4.69) is 4.98 Å². The minimum Gasteiger partial charge on any atom is -0.473 e. The van der Waals surface area contributed by atoms with Crippen molar-refractivity contribution in [3.05, 3.63) is 59.8 Å². The molecule has 1 amide bonds. The number of likely N-dealkylation sites (tertiary alicyclic amines) is 1. The first-order valence-electron chi connectivity index (χ1n) is 7.86. The van der Waals surface area contributed by atoms with Crippen LogP contribution in [0.1, 0.15) is 22.3 Å². The van der Waals surface area contributed by atoms with Crippen LogP contribution in [0.15, 0.2) is 48.7 Å². The topological polar surface area (TPSA) is 62.7 Å². The third-order valence-electron chi connectivity index (χ3n) is 4.05. The van der Waals surface area contributed by atoms with Crippen LogP contribution in [0.2, 0.25) is 0 Å². The molecule has 1 fully saturated rings. The van der Waals surface area contributed by atoms with Gasteiger partial charge in [0.1, 0.15) is 12.8 Å². The molecule has 1 aliphatic rings. The average Bonchev–Trinajstić information content (AvgIpc) is 3.01. The highest BCUT2D eigenvalue weighted by atomic mass is 19.1. The van der Waals surface area contributed by atoms with Crippen LogP contribution in [0, 0.1) is 0 Å². The van der Waals surface area contributed by atoms with Crippen molar-refractivity contribution in [3.8, 4) is 5.88 Å². The number of aliphatic hydroxyl groups excluding tert-OH is 1. The Labute approximate surface area is 139 Å². The standard InChI is InChI=1S/C18H19FN2O3/c19-15-9-16(11-22)21(10-15)18(23)14-6-7-20-17(8-14)24-12-13-4-2-1-3-5-13/h1-8,15-16,22H,9-12H2/t15-,16-/m0/s1. The minimum absolute atomic E-state index is 0.00654. The monoisotopic (exact) mass is 330 g/mol. The smallest absolute Gasteiger partial charge is 0.254 e. The van der Waals surface area contributed by atoms with E-state index in [1.165, 1.54) is 11.1 Å². The summed E-state index contributed by atoms with van der Waals surface area (Å²) in [6.07, 6.45) is 0.566. The van der Waals surface area contributed by atoms with Gasteiger partial charge in [-0.2, -0.15) is 0 Å². The van der Waals surface area contributed by atoms with Crippen molar-refractivity contribution in [3.63, 3.8) is 0 Å². The van der Waals surface area contributed by atoms with E-state index in [1.54, 1.807) is 12.1 Å². The lowest BCUT2D eigenvalue weighted by Gasteiger charge is -2.22. The highest BCUT2D eigenvalue weighted by Crippen LogP contribution is 2.23. The SMILES string of the molecule is O=C(c1ccnc(OCc2ccccc2)c1)N1C[C@@H](F)C[C@H]1CO. The van der Waals surface area contributed by atoms with Crippen molar-refractivity contribution in [2.24, 2.45) is 0 Å². The maximum absolute atomic E-state index is 13.5. The molecule has 3 rings (SSSR count). The maximum atomic E-state index is 13.5. The summed E-state index contributed by atoms with van der Waals surface area (Å²) in [5.41, 5.74) is 1.37. The van der Waals surface area contributed by atoms with Gasteiger partial charge in [0.05, 0.1) is 19.2 Å². The molecule has 126 valence electrons. The third kappa shape index (κ3) is 3.71. The van der Waals surface area contributed by atoms with Gasteiger partial charge in [-0.15, -0.1) is 0 Å². The zero-order valence-corrected chi connectivity index (χ0v) is 13.1. The van der Waals surface area contributed by atoms with Gasteiger partial charge in [-0.25, -0.2) is 9.37 Å². The summed E-state index contributed by atoms with van der Waals surface area (Å²) in [6.45, 7) is 0.113. The van der Waals surface area contributed by atoms with Gasteiger partial charge in [0.2, 0.25) is 5.88 Å². The number of hydrogen-bond donors (Lipinski definition) is 1. The molecule has 0 saturated carbocycles. The Bertz CT molecular complexity index is 696. The highest BCUT2D eigenvalue weighted by molar-refractivity contribution is 5.94. The lowest BCUT2D eigenvalue weighted by Crippen LogP contribution is -2.37. The van der Waals surface area contributed by atoms with E-state index in [9.17, 15) is 14.3 Å². The molecule has 1 N–H and O–H groups in total. The van der Waals surface area contributed by atoms with Crippen molar-refractivity contribution >= 4 is 5.91 Å². The largest absolute Gasteiger partial charge is 0.473 e. The highest BCUT2D eigenvalue weighted by Gasteiger charge is 2.35. The van der Waals surface area contributed by atoms with Gasteiger partial charge in [0.15, 0.2) is 0 Å². The predicted octanol–water partition coefficient (Wildman–Crippen LogP) is 2.21. The van der Waals surface area contributed by atoms with Gasteiger partial charge < -0.3 is 14.7 Å². The molecule has 0 spiro atoms. The maximum Gasteiger partial charge on any atom is 0.254 e. The second-order valence-corrected chi connectivity index (χ2v) is 5.78. The first-order chi connectivity index (χ1) is 11.7. The van der Waals surface area contributed by atoms with Crippen molar-refractivity contribution in [2.75, 3.05) is 13.2 Å². The zero-order valence-electron chi connectivity index (χ0n) is 13.1. The molecular formula is C18H19FN2O3. The van der Waals surface area contributed by atoms with Crippen LogP contribution in [0.5, 0.6) is 5.88 Å². The zero-order chi connectivity index (χ0) is 16.9. The summed E-state index contributed by atoms with van der Waals surface area (Å²) in [5.74, 6) is 0.0161. The van der Waals surface area contributed by atoms with Crippen LogP contribution in [0.3, 0.4) is 0 Å². The van der Waals surface area contributed by atoms with E-state index in [-0.39, 0.29) is 25.5 Å². The van der Waals surface area contributed by atoms with Crippen LogP contribution in [0.25, 0.3) is 0 Å². The Hall–Kier alpha value is -2.47. The number of benzene rings is 1. The van der Waals surface area contributed by atoms with E-state index in [1.807, 2.05) is 30.3 Å². The van der Waals surface area contributed by atoms with Crippen LogP contribution in [0.4, 0.5) is 4.39 Å². The van der Waals surface area contributed by atoms with Gasteiger partial charge in [0, 0.05) is 24.2 Å². The van der Waals surface area contributed by atoms with Crippen molar-refractivity contribution in [2.45, 2.75) is 25.2 Å². The third-order valence-corrected chi connectivity index (χ3v) is 4.05. The molecule has 0 aliphatic carbocycles. The molecular weight excluding hydrogens is 311 g/mol.